The van der Waals surface area contributed by atoms with Crippen LogP contribution >= 0.6 is 0 Å². The monoisotopic (exact) mass is 410 g/mol. The van der Waals surface area contributed by atoms with Gasteiger partial charge in [-0.1, -0.05) is 37.5 Å². The number of ether oxygens (including phenoxy) is 1. The van der Waals surface area contributed by atoms with Gasteiger partial charge in [0.2, 0.25) is 0 Å². The fourth-order valence-corrected chi connectivity index (χ4v) is 3.62. The molecule has 1 N–H and O–H groups in total. The topological polar surface area (TPSA) is 97.1 Å². The number of hydrogen-bond acceptors (Lipinski definition) is 6. The number of nitrogens with zero attached hydrogens (tertiary/aromatic N) is 3. The zero-order valence-electron chi connectivity index (χ0n) is 17.0. The van der Waals surface area contributed by atoms with Gasteiger partial charge in [0.05, 0.1) is 11.1 Å². The van der Waals surface area contributed by atoms with Gasteiger partial charge in [0, 0.05) is 36.5 Å². The molecule has 0 aliphatic heterocycles. The maximum atomic E-state index is 12.0. The largest absolute Gasteiger partial charge is 0.484 e. The standard InChI is InChI=1S/C22H26N4O4/c1-25(18-8-4-2-5-9-18)21-13-12-19(26(28)29)14-17(21)15-23-24-22(27)16-30-20-10-6-3-7-11-20/h3,6-7,10-15,18H,2,4-5,8-9,16H2,1H3,(H,24,27)/b23-15-. The van der Waals surface area contributed by atoms with Gasteiger partial charge >= 0.3 is 0 Å². The molecule has 3 rings (SSSR count). The Balaban J connectivity index is 1.68. The van der Waals surface area contributed by atoms with Crippen molar-refractivity contribution in [3.8, 4) is 5.75 Å². The highest BCUT2D eigenvalue weighted by molar-refractivity contribution is 5.90. The molecule has 8 nitrogen and oxygen atoms in total. The van der Waals surface area contributed by atoms with Crippen LogP contribution in [0, 0.1) is 10.1 Å². The fourth-order valence-electron chi connectivity index (χ4n) is 3.62. The van der Waals surface area contributed by atoms with Crippen molar-refractivity contribution in [1.29, 1.82) is 0 Å². The summed E-state index contributed by atoms with van der Waals surface area (Å²) in [7, 11) is 2.00. The number of carbonyl (C=O) groups is 1. The zero-order chi connectivity index (χ0) is 21.3. The van der Waals surface area contributed by atoms with E-state index in [1.54, 1.807) is 18.2 Å². The molecule has 8 heteroatoms. The first kappa shape index (κ1) is 21.3. The third-order valence-electron chi connectivity index (χ3n) is 5.23. The number of carbonyl (C=O) groups excluding carboxylic acids is 1. The minimum atomic E-state index is -0.436. The molecule has 0 heterocycles. The highest BCUT2D eigenvalue weighted by atomic mass is 16.6. The molecule has 1 amide bonds. The minimum Gasteiger partial charge on any atom is -0.484 e. The molecule has 0 spiro atoms. The van der Waals surface area contributed by atoms with Gasteiger partial charge in [-0.3, -0.25) is 14.9 Å². The van der Waals surface area contributed by atoms with Crippen LogP contribution in [0.4, 0.5) is 11.4 Å². The molecule has 30 heavy (non-hydrogen) atoms. The Bertz CT molecular complexity index is 895. The summed E-state index contributed by atoms with van der Waals surface area (Å²) in [6.07, 6.45) is 7.25. The van der Waals surface area contributed by atoms with Crippen LogP contribution < -0.4 is 15.1 Å². The zero-order valence-corrected chi connectivity index (χ0v) is 17.0. The predicted molar refractivity (Wildman–Crippen MR) is 116 cm³/mol. The molecule has 1 aliphatic carbocycles. The van der Waals surface area contributed by atoms with E-state index in [0.29, 0.717) is 17.4 Å². The van der Waals surface area contributed by atoms with E-state index in [-0.39, 0.29) is 12.3 Å². The van der Waals surface area contributed by atoms with E-state index >= 15 is 0 Å². The van der Waals surface area contributed by atoms with E-state index in [2.05, 4.69) is 15.4 Å². The molecule has 0 aromatic heterocycles. The summed E-state index contributed by atoms with van der Waals surface area (Å²) in [5.74, 6) is 0.175. The van der Waals surface area contributed by atoms with Crippen molar-refractivity contribution in [1.82, 2.24) is 5.43 Å². The summed E-state index contributed by atoms with van der Waals surface area (Å²) in [4.78, 5) is 24.9. The van der Waals surface area contributed by atoms with Crippen LogP contribution in [0.3, 0.4) is 0 Å². The maximum Gasteiger partial charge on any atom is 0.277 e. The van der Waals surface area contributed by atoms with E-state index in [9.17, 15) is 14.9 Å². The summed E-state index contributed by atoms with van der Waals surface area (Å²) in [6, 6.07) is 14.1. The van der Waals surface area contributed by atoms with Crippen LogP contribution in [0.2, 0.25) is 0 Å². The van der Waals surface area contributed by atoms with Gasteiger partial charge in [-0.25, -0.2) is 5.43 Å². The van der Waals surface area contributed by atoms with Crippen molar-refractivity contribution in [3.63, 3.8) is 0 Å². The highest BCUT2D eigenvalue weighted by Crippen LogP contribution is 2.30. The molecule has 0 unspecified atom stereocenters. The second-order valence-corrected chi connectivity index (χ2v) is 7.30. The number of nitro groups is 1. The lowest BCUT2D eigenvalue weighted by atomic mass is 9.94. The third kappa shape index (κ3) is 5.79. The van der Waals surface area contributed by atoms with Crippen LogP contribution in [0.25, 0.3) is 0 Å². The Morgan fingerprint density at radius 1 is 1.23 bits per heavy atom. The average molecular weight is 410 g/mol. The van der Waals surface area contributed by atoms with Crippen LogP contribution in [0.5, 0.6) is 5.75 Å². The summed E-state index contributed by atoms with van der Waals surface area (Å²) >= 11 is 0. The smallest absolute Gasteiger partial charge is 0.277 e. The van der Waals surface area contributed by atoms with E-state index in [0.717, 1.165) is 18.5 Å². The van der Waals surface area contributed by atoms with Crippen LogP contribution in [-0.2, 0) is 4.79 Å². The number of nitro benzene ring substituents is 1. The number of non-ortho nitro benzene ring substituents is 1. The van der Waals surface area contributed by atoms with Crippen molar-refractivity contribution < 1.29 is 14.5 Å². The molecule has 1 saturated carbocycles. The fraction of sp³-hybridized carbons (Fsp3) is 0.364. The molecule has 0 atom stereocenters. The first-order chi connectivity index (χ1) is 14.5. The third-order valence-corrected chi connectivity index (χ3v) is 5.23. The summed E-state index contributed by atoms with van der Waals surface area (Å²) in [5, 5.41) is 15.2. The van der Waals surface area contributed by atoms with E-state index < -0.39 is 10.8 Å². The quantitative estimate of drug-likeness (QED) is 0.404. The van der Waals surface area contributed by atoms with Crippen molar-refractivity contribution >= 4 is 23.5 Å². The lowest BCUT2D eigenvalue weighted by molar-refractivity contribution is -0.384. The Morgan fingerprint density at radius 2 is 1.97 bits per heavy atom. The van der Waals surface area contributed by atoms with Crippen LogP contribution in [0.1, 0.15) is 37.7 Å². The minimum absolute atomic E-state index is 0.0176. The molecule has 1 fully saturated rings. The Labute approximate surface area is 175 Å². The second-order valence-electron chi connectivity index (χ2n) is 7.30. The maximum absolute atomic E-state index is 12.0. The van der Waals surface area contributed by atoms with Crippen LogP contribution in [0.15, 0.2) is 53.6 Å². The molecular weight excluding hydrogens is 384 g/mol. The number of rotatable bonds is 8. The number of hydrogen-bond donors (Lipinski definition) is 1. The van der Waals surface area contributed by atoms with Gasteiger partial charge in [-0.05, 0) is 31.0 Å². The van der Waals surface area contributed by atoms with Gasteiger partial charge in [0.1, 0.15) is 5.75 Å². The molecule has 0 radical (unpaired) electrons. The molecule has 1 aliphatic rings. The Morgan fingerprint density at radius 3 is 2.67 bits per heavy atom. The molecule has 2 aromatic carbocycles. The Hall–Kier alpha value is -3.42. The normalized spacial score (nSPS) is 14.4. The van der Waals surface area contributed by atoms with Crippen LogP contribution in [-0.4, -0.2) is 36.7 Å². The molecule has 158 valence electrons. The first-order valence-corrected chi connectivity index (χ1v) is 10.1. The lowest BCUT2D eigenvalue weighted by Crippen LogP contribution is -2.34. The predicted octanol–water partition coefficient (Wildman–Crippen LogP) is 3.89. The van der Waals surface area contributed by atoms with E-state index in [4.69, 9.17) is 4.74 Å². The van der Waals surface area contributed by atoms with Crippen molar-refractivity contribution in [2.75, 3.05) is 18.6 Å². The van der Waals surface area contributed by atoms with Gasteiger partial charge in [-0.2, -0.15) is 5.10 Å². The summed E-state index contributed by atoms with van der Waals surface area (Å²) in [6.45, 7) is -0.175. The van der Waals surface area contributed by atoms with Gasteiger partial charge in [0.15, 0.2) is 6.61 Å². The number of hydrazone groups is 1. The molecule has 0 saturated heterocycles. The van der Waals surface area contributed by atoms with Crippen molar-refractivity contribution in [2.45, 2.75) is 38.1 Å². The number of para-hydroxylation sites is 1. The molecular formula is C22H26N4O4. The SMILES string of the molecule is CN(c1ccc([N+](=O)[O-])cc1/C=N\NC(=O)COc1ccccc1)C1CCCCC1. The lowest BCUT2D eigenvalue weighted by Gasteiger charge is -2.33. The van der Waals surface area contributed by atoms with Gasteiger partial charge in [0.25, 0.3) is 11.6 Å². The van der Waals surface area contributed by atoms with E-state index in [1.165, 1.54) is 37.6 Å². The average Bonchev–Trinajstić information content (AvgIpc) is 2.78. The van der Waals surface area contributed by atoms with Crippen molar-refractivity contribution in [2.24, 2.45) is 5.10 Å². The summed E-state index contributed by atoms with van der Waals surface area (Å²) in [5.41, 5.74) is 3.83. The van der Waals surface area contributed by atoms with E-state index in [1.807, 2.05) is 25.2 Å². The van der Waals surface area contributed by atoms with Gasteiger partial charge in [-0.15, -0.1) is 0 Å². The van der Waals surface area contributed by atoms with Crippen molar-refractivity contribution in [3.05, 3.63) is 64.2 Å². The Kier molecular flexibility index (Phi) is 7.37. The first-order valence-electron chi connectivity index (χ1n) is 10.1. The molecule has 2 aromatic rings. The highest BCUT2D eigenvalue weighted by Gasteiger charge is 2.21. The number of nitrogens with one attached hydrogen (secondary N) is 1. The van der Waals surface area contributed by atoms with Gasteiger partial charge < -0.3 is 9.64 Å². The number of benzene rings is 2. The number of amides is 1. The molecule has 0 bridgehead atoms. The number of anilines is 1. The summed E-state index contributed by atoms with van der Waals surface area (Å²) < 4.78 is 5.38. The second kappa shape index (κ2) is 10.4.